The van der Waals surface area contributed by atoms with Gasteiger partial charge < -0.3 is 9.42 Å². The van der Waals surface area contributed by atoms with Gasteiger partial charge in [-0.3, -0.25) is 4.79 Å². The van der Waals surface area contributed by atoms with Gasteiger partial charge >= 0.3 is 0 Å². The molecule has 0 radical (unpaired) electrons. The van der Waals surface area contributed by atoms with Crippen LogP contribution in [0.25, 0.3) is 17.5 Å². The van der Waals surface area contributed by atoms with Crippen LogP contribution in [0, 0.1) is 6.92 Å². The number of likely N-dealkylation sites (tertiary alicyclic amines) is 1. The maximum Gasteiger partial charge on any atom is 0.246 e. The van der Waals surface area contributed by atoms with Crippen LogP contribution in [-0.4, -0.2) is 34.0 Å². The number of hydrogen-bond acceptors (Lipinski definition) is 4. The number of aryl methyl sites for hydroxylation is 1. The molecule has 5 heteroatoms. The van der Waals surface area contributed by atoms with Crippen molar-refractivity contribution in [2.24, 2.45) is 0 Å². The fourth-order valence-corrected chi connectivity index (χ4v) is 3.44. The van der Waals surface area contributed by atoms with E-state index < -0.39 is 0 Å². The Morgan fingerprint density at radius 3 is 2.71 bits per heavy atom. The van der Waals surface area contributed by atoms with E-state index in [4.69, 9.17) is 4.52 Å². The second-order valence-electron chi connectivity index (χ2n) is 7.19. The van der Waals surface area contributed by atoms with Gasteiger partial charge in [-0.2, -0.15) is 4.98 Å². The van der Waals surface area contributed by atoms with Crippen molar-refractivity contribution in [3.63, 3.8) is 0 Å². The van der Waals surface area contributed by atoms with Crippen LogP contribution in [-0.2, 0) is 4.79 Å². The molecule has 142 valence electrons. The molecule has 1 aliphatic rings. The average molecular weight is 373 g/mol. The van der Waals surface area contributed by atoms with E-state index in [0.717, 1.165) is 30.5 Å². The molecule has 1 aromatic heterocycles. The van der Waals surface area contributed by atoms with Gasteiger partial charge in [0.2, 0.25) is 17.6 Å². The molecule has 0 N–H and O–H groups in total. The molecule has 4 rings (SSSR count). The highest BCUT2D eigenvalue weighted by atomic mass is 16.5. The Balaban J connectivity index is 1.43. The number of carbonyl (C=O) groups is 1. The summed E-state index contributed by atoms with van der Waals surface area (Å²) in [5.41, 5.74) is 3.15. The van der Waals surface area contributed by atoms with Gasteiger partial charge in [-0.25, -0.2) is 0 Å². The molecule has 1 atom stereocenters. The van der Waals surface area contributed by atoms with Crippen molar-refractivity contribution in [2.45, 2.75) is 25.7 Å². The molecule has 0 bridgehead atoms. The third-order valence-electron chi connectivity index (χ3n) is 5.05. The Morgan fingerprint density at radius 2 is 1.93 bits per heavy atom. The molecule has 2 heterocycles. The number of piperidine rings is 1. The van der Waals surface area contributed by atoms with Gasteiger partial charge in [-0.1, -0.05) is 65.3 Å². The van der Waals surface area contributed by atoms with Crippen molar-refractivity contribution in [3.05, 3.63) is 77.7 Å². The van der Waals surface area contributed by atoms with Crippen LogP contribution in [0.2, 0.25) is 0 Å². The Morgan fingerprint density at radius 1 is 1.14 bits per heavy atom. The molecule has 0 aliphatic carbocycles. The van der Waals surface area contributed by atoms with E-state index in [1.165, 1.54) is 5.56 Å². The van der Waals surface area contributed by atoms with Crippen LogP contribution < -0.4 is 0 Å². The summed E-state index contributed by atoms with van der Waals surface area (Å²) in [7, 11) is 0. The summed E-state index contributed by atoms with van der Waals surface area (Å²) in [6.45, 7) is 3.41. The van der Waals surface area contributed by atoms with E-state index in [1.54, 1.807) is 6.08 Å². The molecular weight excluding hydrogens is 350 g/mol. The number of benzene rings is 2. The zero-order valence-electron chi connectivity index (χ0n) is 15.9. The first kappa shape index (κ1) is 18.2. The van der Waals surface area contributed by atoms with Crippen molar-refractivity contribution in [1.82, 2.24) is 15.0 Å². The molecular formula is C23H23N3O2. The van der Waals surface area contributed by atoms with Gasteiger partial charge in [-0.15, -0.1) is 0 Å². The first-order valence-corrected chi connectivity index (χ1v) is 9.62. The predicted molar refractivity (Wildman–Crippen MR) is 109 cm³/mol. The maximum atomic E-state index is 12.6. The van der Waals surface area contributed by atoms with Crippen molar-refractivity contribution in [1.29, 1.82) is 0 Å². The van der Waals surface area contributed by atoms with Gasteiger partial charge in [-0.05, 0) is 31.4 Å². The first-order chi connectivity index (χ1) is 13.7. The van der Waals surface area contributed by atoms with Gasteiger partial charge in [0.05, 0.1) is 5.92 Å². The van der Waals surface area contributed by atoms with Gasteiger partial charge in [0.15, 0.2) is 0 Å². The topological polar surface area (TPSA) is 59.2 Å². The second kappa shape index (κ2) is 8.21. The summed E-state index contributed by atoms with van der Waals surface area (Å²) < 4.78 is 5.53. The van der Waals surface area contributed by atoms with Crippen LogP contribution >= 0.6 is 0 Å². The zero-order chi connectivity index (χ0) is 19.3. The molecule has 0 spiro atoms. The lowest BCUT2D eigenvalue weighted by Crippen LogP contribution is -2.38. The second-order valence-corrected chi connectivity index (χ2v) is 7.19. The molecule has 2 aromatic carbocycles. The van der Waals surface area contributed by atoms with E-state index in [-0.39, 0.29) is 11.8 Å². The number of nitrogens with zero attached hydrogens (tertiary/aromatic N) is 3. The minimum atomic E-state index is 0.0202. The predicted octanol–water partition coefficient (Wildman–Crippen LogP) is 4.46. The number of amides is 1. The Hall–Kier alpha value is -3.21. The van der Waals surface area contributed by atoms with E-state index in [0.29, 0.717) is 18.3 Å². The molecule has 5 nitrogen and oxygen atoms in total. The Bertz CT molecular complexity index is 961. The fraction of sp³-hybridized carbons (Fsp3) is 0.261. The summed E-state index contributed by atoms with van der Waals surface area (Å²) in [6.07, 6.45) is 5.37. The molecule has 1 fully saturated rings. The normalized spacial score (nSPS) is 17.2. The molecule has 1 aliphatic heterocycles. The van der Waals surface area contributed by atoms with E-state index in [1.807, 2.05) is 72.5 Å². The lowest BCUT2D eigenvalue weighted by molar-refractivity contribution is -0.127. The van der Waals surface area contributed by atoms with Crippen LogP contribution in [0.3, 0.4) is 0 Å². The lowest BCUT2D eigenvalue weighted by atomic mass is 9.98. The third-order valence-corrected chi connectivity index (χ3v) is 5.05. The highest BCUT2D eigenvalue weighted by Crippen LogP contribution is 2.28. The first-order valence-electron chi connectivity index (χ1n) is 9.62. The maximum absolute atomic E-state index is 12.6. The Labute approximate surface area is 164 Å². The summed E-state index contributed by atoms with van der Waals surface area (Å²) in [6, 6.07) is 17.9. The summed E-state index contributed by atoms with van der Waals surface area (Å²) in [5, 5.41) is 4.13. The lowest BCUT2D eigenvalue weighted by Gasteiger charge is -2.30. The van der Waals surface area contributed by atoms with Crippen LogP contribution in [0.5, 0.6) is 0 Å². The number of carbonyl (C=O) groups excluding carboxylic acids is 1. The third kappa shape index (κ3) is 4.19. The molecule has 1 amide bonds. The van der Waals surface area contributed by atoms with Gasteiger partial charge in [0, 0.05) is 24.7 Å². The SMILES string of the molecule is Cc1ccc(-c2noc(C3CCCN(C(=O)C=Cc4ccccc4)C3)n2)cc1. The summed E-state index contributed by atoms with van der Waals surface area (Å²) in [4.78, 5) is 19.0. The highest BCUT2D eigenvalue weighted by Gasteiger charge is 2.28. The van der Waals surface area contributed by atoms with Crippen LogP contribution in [0.15, 0.2) is 65.2 Å². The fourth-order valence-electron chi connectivity index (χ4n) is 3.44. The molecule has 28 heavy (non-hydrogen) atoms. The summed E-state index contributed by atoms with van der Waals surface area (Å²) >= 11 is 0. The van der Waals surface area contributed by atoms with Crippen molar-refractivity contribution in [2.75, 3.05) is 13.1 Å². The largest absolute Gasteiger partial charge is 0.339 e. The minimum Gasteiger partial charge on any atom is -0.339 e. The molecule has 0 saturated carbocycles. The smallest absolute Gasteiger partial charge is 0.246 e. The molecule has 1 unspecified atom stereocenters. The van der Waals surface area contributed by atoms with E-state index in [2.05, 4.69) is 10.1 Å². The molecule has 1 saturated heterocycles. The van der Waals surface area contributed by atoms with Crippen LogP contribution in [0.1, 0.15) is 35.8 Å². The van der Waals surface area contributed by atoms with Crippen molar-refractivity contribution < 1.29 is 9.32 Å². The monoisotopic (exact) mass is 373 g/mol. The number of hydrogen-bond donors (Lipinski definition) is 0. The van der Waals surface area contributed by atoms with Crippen molar-refractivity contribution in [3.8, 4) is 11.4 Å². The minimum absolute atomic E-state index is 0.0202. The van der Waals surface area contributed by atoms with E-state index >= 15 is 0 Å². The highest BCUT2D eigenvalue weighted by molar-refractivity contribution is 5.91. The average Bonchev–Trinajstić information content (AvgIpc) is 3.24. The van der Waals surface area contributed by atoms with Crippen LogP contribution in [0.4, 0.5) is 0 Å². The number of rotatable bonds is 4. The molecule has 3 aromatic rings. The van der Waals surface area contributed by atoms with Crippen molar-refractivity contribution >= 4 is 12.0 Å². The number of aromatic nitrogens is 2. The zero-order valence-corrected chi connectivity index (χ0v) is 15.9. The Kier molecular flexibility index (Phi) is 5.33. The summed E-state index contributed by atoms with van der Waals surface area (Å²) in [5.74, 6) is 1.31. The quantitative estimate of drug-likeness (QED) is 0.633. The van der Waals surface area contributed by atoms with Gasteiger partial charge in [0.1, 0.15) is 0 Å². The standard InChI is InChI=1S/C23H23N3O2/c1-17-9-12-19(13-10-17)22-24-23(28-25-22)20-8-5-15-26(16-20)21(27)14-11-18-6-3-2-4-7-18/h2-4,6-7,9-14,20H,5,8,15-16H2,1H3. The van der Waals surface area contributed by atoms with E-state index in [9.17, 15) is 4.79 Å². The van der Waals surface area contributed by atoms with Gasteiger partial charge in [0.25, 0.3) is 0 Å².